The van der Waals surface area contributed by atoms with E-state index in [1.807, 2.05) is 0 Å². The van der Waals surface area contributed by atoms with Crippen molar-refractivity contribution in [2.75, 3.05) is 0 Å². The average molecular weight is 511 g/mol. The van der Waals surface area contributed by atoms with Crippen molar-refractivity contribution in [3.05, 3.63) is 0 Å². The summed E-state index contributed by atoms with van der Waals surface area (Å²) in [7, 11) is -4.87. The van der Waals surface area contributed by atoms with Gasteiger partial charge in [-0.3, -0.25) is 0 Å². The molecule has 0 saturated carbocycles. The summed E-state index contributed by atoms with van der Waals surface area (Å²) >= 11 is 0. The first-order valence-electron chi connectivity index (χ1n) is 12.7. The van der Waals surface area contributed by atoms with E-state index in [0.29, 0.717) is 12.8 Å². The summed E-state index contributed by atoms with van der Waals surface area (Å²) in [6, 6.07) is 0. The maximum Gasteiger partial charge on any atom is 1.00 e. The van der Waals surface area contributed by atoms with E-state index in [4.69, 9.17) is 4.52 Å². The molecule has 0 saturated heterocycles. The van der Waals surface area contributed by atoms with Gasteiger partial charge < -0.3 is 18.9 Å². The number of unbranched alkanes of at least 4 members (excludes halogenated alkanes) is 17. The van der Waals surface area contributed by atoms with E-state index in [9.17, 15) is 14.4 Å². The van der Waals surface area contributed by atoms with Gasteiger partial charge in [-0.25, -0.2) is 0 Å². The zero-order chi connectivity index (χ0) is 21.6. The van der Waals surface area contributed by atoms with Crippen LogP contribution in [0.4, 0.5) is 0 Å². The summed E-state index contributed by atoms with van der Waals surface area (Å²) < 4.78 is 15.7. The Morgan fingerprint density at radius 2 is 0.806 bits per heavy atom. The van der Waals surface area contributed by atoms with Gasteiger partial charge in [0.15, 0.2) is 0 Å². The van der Waals surface area contributed by atoms with E-state index in [1.54, 1.807) is 0 Å². The second-order valence-electron chi connectivity index (χ2n) is 8.76. The number of hydrogen-bond acceptors (Lipinski definition) is 4. The molecule has 31 heavy (non-hydrogen) atoms. The van der Waals surface area contributed by atoms with Crippen molar-refractivity contribution in [3.8, 4) is 0 Å². The molecule has 0 heterocycles. The minimum atomic E-state index is -4.87. The smallest absolute Gasteiger partial charge is 0.790 e. The zero-order valence-corrected chi connectivity index (χ0v) is 28.6. The molecule has 0 fully saturated rings. The van der Waals surface area contributed by atoms with Crippen LogP contribution in [-0.2, 0) is 9.09 Å². The van der Waals surface area contributed by atoms with Crippen molar-refractivity contribution in [2.45, 2.75) is 155 Å². The molecular weight excluding hydrogens is 461 g/mol. The Bertz CT molecular complexity index is 381. The van der Waals surface area contributed by atoms with Crippen molar-refractivity contribution in [1.82, 2.24) is 0 Å². The fourth-order valence-electron chi connectivity index (χ4n) is 3.97. The summed E-state index contributed by atoms with van der Waals surface area (Å²) in [5.74, 6) is 0. The van der Waals surface area contributed by atoms with Crippen LogP contribution < -0.4 is 113 Å². The molecule has 0 amide bonds. The standard InChI is InChI=1S/C24H51O4P.2K/c1-3-5-7-9-10-11-12-13-14-15-16-17-18-19-21-23-24(28-29(25,26)27)22-20-8-6-4-2;;/h24H,3-23H2,1-2H3,(H2,25,26,27);;/q;2*+1/p-2. The molecule has 0 rings (SSSR count). The van der Waals surface area contributed by atoms with Gasteiger partial charge in [0.25, 0.3) is 0 Å². The molecule has 1 atom stereocenters. The minimum Gasteiger partial charge on any atom is -0.790 e. The number of rotatable bonds is 23. The maximum absolute atomic E-state index is 10.9. The summed E-state index contributed by atoms with van der Waals surface area (Å²) in [4.78, 5) is 21.9. The van der Waals surface area contributed by atoms with Gasteiger partial charge in [0, 0.05) is 0 Å². The van der Waals surface area contributed by atoms with Crippen LogP contribution >= 0.6 is 7.82 Å². The van der Waals surface area contributed by atoms with Crippen molar-refractivity contribution < 1.29 is 122 Å². The molecule has 7 heteroatoms. The molecule has 0 spiro atoms. The van der Waals surface area contributed by atoms with Crippen LogP contribution in [0.5, 0.6) is 0 Å². The second kappa shape index (κ2) is 29.6. The van der Waals surface area contributed by atoms with Gasteiger partial charge in [0.05, 0.1) is 13.9 Å². The molecular formula is C24H49K2O4P. The van der Waals surface area contributed by atoms with E-state index >= 15 is 0 Å². The molecule has 0 aliphatic carbocycles. The van der Waals surface area contributed by atoms with Crippen LogP contribution in [0.3, 0.4) is 0 Å². The van der Waals surface area contributed by atoms with Gasteiger partial charge in [-0.2, -0.15) is 0 Å². The molecule has 0 bridgehead atoms. The molecule has 0 aliphatic heterocycles. The van der Waals surface area contributed by atoms with Gasteiger partial charge in [-0.15, -0.1) is 0 Å². The van der Waals surface area contributed by atoms with Crippen molar-refractivity contribution in [2.24, 2.45) is 0 Å². The average Bonchev–Trinajstić information content (AvgIpc) is 2.67. The van der Waals surface area contributed by atoms with Gasteiger partial charge in [-0.1, -0.05) is 136 Å². The largest absolute Gasteiger partial charge is 1.00 e. The van der Waals surface area contributed by atoms with E-state index in [2.05, 4.69) is 13.8 Å². The Morgan fingerprint density at radius 3 is 1.10 bits per heavy atom. The maximum atomic E-state index is 10.9. The molecule has 0 aromatic rings. The van der Waals surface area contributed by atoms with Crippen LogP contribution in [0.25, 0.3) is 0 Å². The predicted octanol–water partition coefficient (Wildman–Crippen LogP) is 1.44. The normalized spacial score (nSPS) is 12.3. The monoisotopic (exact) mass is 510 g/mol. The Kier molecular flexibility index (Phi) is 37.2. The van der Waals surface area contributed by atoms with E-state index in [1.165, 1.54) is 83.5 Å². The Hall–Kier alpha value is 3.38. The molecule has 0 aromatic heterocycles. The van der Waals surface area contributed by atoms with Crippen molar-refractivity contribution in [1.29, 1.82) is 0 Å². The van der Waals surface area contributed by atoms with Gasteiger partial charge in [0.1, 0.15) is 0 Å². The Balaban J connectivity index is -0.00000392. The molecule has 4 nitrogen and oxygen atoms in total. The molecule has 0 aliphatic rings. The minimum absolute atomic E-state index is 0. The molecule has 0 aromatic carbocycles. The third kappa shape index (κ3) is 33.4. The first-order chi connectivity index (χ1) is 14.0. The van der Waals surface area contributed by atoms with Gasteiger partial charge in [0.2, 0.25) is 0 Å². The topological polar surface area (TPSA) is 72.4 Å². The third-order valence-corrected chi connectivity index (χ3v) is 6.34. The van der Waals surface area contributed by atoms with Crippen LogP contribution in [-0.4, -0.2) is 6.10 Å². The summed E-state index contributed by atoms with van der Waals surface area (Å²) in [6.07, 6.45) is 25.0. The Labute approximate surface area is 279 Å². The fourth-order valence-corrected chi connectivity index (χ4v) is 4.55. The van der Waals surface area contributed by atoms with Gasteiger partial charge >= 0.3 is 103 Å². The van der Waals surface area contributed by atoms with E-state index < -0.39 is 13.9 Å². The predicted molar refractivity (Wildman–Crippen MR) is 121 cm³/mol. The quantitative estimate of drug-likeness (QED) is 0.118. The number of hydrogen-bond donors (Lipinski definition) is 0. The first kappa shape index (κ1) is 38.9. The zero-order valence-electron chi connectivity index (χ0n) is 21.5. The number of phosphoric ester groups is 1. The van der Waals surface area contributed by atoms with Crippen LogP contribution in [0, 0.1) is 0 Å². The molecule has 1 unspecified atom stereocenters. The van der Waals surface area contributed by atoms with Crippen LogP contribution in [0.15, 0.2) is 0 Å². The van der Waals surface area contributed by atoms with E-state index in [0.717, 1.165) is 38.5 Å². The first-order valence-corrected chi connectivity index (χ1v) is 14.2. The summed E-state index contributed by atoms with van der Waals surface area (Å²) in [6.45, 7) is 4.41. The van der Waals surface area contributed by atoms with Crippen molar-refractivity contribution >= 4 is 7.82 Å². The second-order valence-corrected chi connectivity index (χ2v) is 9.87. The van der Waals surface area contributed by atoms with Crippen molar-refractivity contribution in [3.63, 3.8) is 0 Å². The van der Waals surface area contributed by atoms with Gasteiger partial charge in [-0.05, 0) is 12.8 Å². The fraction of sp³-hybridized carbons (Fsp3) is 1.00. The summed E-state index contributed by atoms with van der Waals surface area (Å²) in [5, 5.41) is 0. The van der Waals surface area contributed by atoms with Crippen LogP contribution in [0.1, 0.15) is 149 Å². The van der Waals surface area contributed by atoms with Crippen LogP contribution in [0.2, 0.25) is 0 Å². The number of phosphoric acid groups is 1. The third-order valence-electron chi connectivity index (χ3n) is 5.79. The summed E-state index contributed by atoms with van der Waals surface area (Å²) in [5.41, 5.74) is 0. The Morgan fingerprint density at radius 1 is 0.548 bits per heavy atom. The SMILES string of the molecule is CCCCCCCCCCCCCCCCCC(CCCCCC)OP(=O)([O-])[O-].[K+].[K+]. The molecule has 0 radical (unpaired) electrons. The molecule has 0 N–H and O–H groups in total. The molecule has 176 valence electrons. The van der Waals surface area contributed by atoms with E-state index in [-0.39, 0.29) is 103 Å².